The van der Waals surface area contributed by atoms with Gasteiger partial charge >= 0.3 is 5.97 Å². The Kier molecular flexibility index (Phi) is 5.56. The van der Waals surface area contributed by atoms with Crippen molar-refractivity contribution in [1.82, 2.24) is 0 Å². The van der Waals surface area contributed by atoms with Crippen LogP contribution in [0.5, 0.6) is 11.5 Å². The first kappa shape index (κ1) is 18.3. The monoisotopic (exact) mass is 365 g/mol. The maximum Gasteiger partial charge on any atom is 0.346 e. The van der Waals surface area contributed by atoms with E-state index >= 15 is 0 Å². The zero-order valence-corrected chi connectivity index (χ0v) is 15.0. The van der Waals surface area contributed by atoms with E-state index in [9.17, 15) is 9.59 Å². The summed E-state index contributed by atoms with van der Waals surface area (Å²) in [4.78, 5) is 24.7. The Morgan fingerprint density at radius 3 is 2.19 bits per heavy atom. The molecule has 0 heterocycles. The van der Waals surface area contributed by atoms with E-state index in [-0.39, 0.29) is 5.56 Å². The van der Waals surface area contributed by atoms with Crippen molar-refractivity contribution in [2.75, 3.05) is 26.1 Å². The topological polar surface area (TPSA) is 73.9 Å². The SMILES string of the molecule is COc1cccc(OC)c1C(=O)OCC(=O)Nc1cccc2ccccc12. The second-order valence-corrected chi connectivity index (χ2v) is 5.69. The van der Waals surface area contributed by atoms with E-state index in [1.54, 1.807) is 24.3 Å². The maximum absolute atomic E-state index is 12.4. The Balaban J connectivity index is 1.70. The van der Waals surface area contributed by atoms with Crippen LogP contribution in [0, 0.1) is 0 Å². The molecule has 6 nitrogen and oxygen atoms in total. The number of esters is 1. The van der Waals surface area contributed by atoms with Crippen molar-refractivity contribution >= 4 is 28.3 Å². The summed E-state index contributed by atoms with van der Waals surface area (Å²) in [6.07, 6.45) is 0. The summed E-state index contributed by atoms with van der Waals surface area (Å²) < 4.78 is 15.5. The average molecular weight is 365 g/mol. The number of carbonyl (C=O) groups is 2. The molecule has 1 N–H and O–H groups in total. The van der Waals surface area contributed by atoms with E-state index in [0.717, 1.165) is 10.8 Å². The van der Waals surface area contributed by atoms with Crippen LogP contribution in [-0.4, -0.2) is 32.7 Å². The third-order valence-corrected chi connectivity index (χ3v) is 4.03. The number of ether oxygens (including phenoxy) is 3. The highest BCUT2D eigenvalue weighted by Crippen LogP contribution is 2.29. The molecule has 0 aliphatic heterocycles. The van der Waals surface area contributed by atoms with Gasteiger partial charge in [0.2, 0.25) is 0 Å². The molecule has 0 saturated heterocycles. The molecule has 0 fully saturated rings. The van der Waals surface area contributed by atoms with Gasteiger partial charge in [-0.25, -0.2) is 4.79 Å². The van der Waals surface area contributed by atoms with Crippen molar-refractivity contribution in [3.05, 3.63) is 66.2 Å². The minimum atomic E-state index is -0.697. The van der Waals surface area contributed by atoms with Crippen LogP contribution in [0.3, 0.4) is 0 Å². The lowest BCUT2D eigenvalue weighted by Crippen LogP contribution is -2.21. The lowest BCUT2D eigenvalue weighted by Gasteiger charge is -2.13. The molecule has 3 rings (SSSR count). The Morgan fingerprint density at radius 1 is 0.852 bits per heavy atom. The molecule has 6 heteroatoms. The number of benzene rings is 3. The van der Waals surface area contributed by atoms with E-state index in [2.05, 4.69) is 5.32 Å². The molecule has 27 heavy (non-hydrogen) atoms. The van der Waals surface area contributed by atoms with Gasteiger partial charge in [-0.1, -0.05) is 42.5 Å². The molecule has 0 aliphatic rings. The number of anilines is 1. The van der Waals surface area contributed by atoms with Crippen LogP contribution in [0.15, 0.2) is 60.7 Å². The highest BCUT2D eigenvalue weighted by Gasteiger charge is 2.20. The summed E-state index contributed by atoms with van der Waals surface area (Å²) in [5.74, 6) is -0.506. The summed E-state index contributed by atoms with van der Waals surface area (Å²) in [6, 6.07) is 18.2. The number of nitrogens with one attached hydrogen (secondary N) is 1. The largest absolute Gasteiger partial charge is 0.496 e. The molecule has 0 saturated carbocycles. The van der Waals surface area contributed by atoms with Gasteiger partial charge in [0.15, 0.2) is 6.61 Å². The van der Waals surface area contributed by atoms with Crippen LogP contribution in [-0.2, 0) is 9.53 Å². The lowest BCUT2D eigenvalue weighted by molar-refractivity contribution is -0.119. The Hall–Kier alpha value is -3.54. The fourth-order valence-corrected chi connectivity index (χ4v) is 2.78. The minimum Gasteiger partial charge on any atom is -0.496 e. The van der Waals surface area contributed by atoms with Crippen molar-refractivity contribution < 1.29 is 23.8 Å². The van der Waals surface area contributed by atoms with Crippen molar-refractivity contribution in [1.29, 1.82) is 0 Å². The summed E-state index contributed by atoms with van der Waals surface area (Å²) in [7, 11) is 2.89. The van der Waals surface area contributed by atoms with E-state index in [1.165, 1.54) is 14.2 Å². The average Bonchev–Trinajstić information content (AvgIpc) is 2.71. The van der Waals surface area contributed by atoms with Gasteiger partial charge in [0.05, 0.1) is 14.2 Å². The summed E-state index contributed by atoms with van der Waals surface area (Å²) in [5.41, 5.74) is 0.796. The zero-order valence-electron chi connectivity index (χ0n) is 15.0. The summed E-state index contributed by atoms with van der Waals surface area (Å²) >= 11 is 0. The highest BCUT2D eigenvalue weighted by atomic mass is 16.5. The van der Waals surface area contributed by atoms with Crippen molar-refractivity contribution in [2.24, 2.45) is 0 Å². The minimum absolute atomic E-state index is 0.139. The number of amides is 1. The Labute approximate surface area is 156 Å². The predicted molar refractivity (Wildman–Crippen MR) is 102 cm³/mol. The summed E-state index contributed by atoms with van der Waals surface area (Å²) in [5, 5.41) is 4.68. The van der Waals surface area contributed by atoms with Crippen molar-refractivity contribution in [2.45, 2.75) is 0 Å². The molecular weight excluding hydrogens is 346 g/mol. The standard InChI is InChI=1S/C21H19NO5/c1-25-17-11-6-12-18(26-2)20(17)21(24)27-13-19(23)22-16-10-5-8-14-7-3-4-9-15(14)16/h3-12H,13H2,1-2H3,(H,22,23). The van der Waals surface area contributed by atoms with Crippen LogP contribution in [0.4, 0.5) is 5.69 Å². The Morgan fingerprint density at radius 2 is 1.48 bits per heavy atom. The van der Waals surface area contributed by atoms with E-state index in [4.69, 9.17) is 14.2 Å². The lowest BCUT2D eigenvalue weighted by atomic mass is 10.1. The van der Waals surface area contributed by atoms with Gasteiger partial charge < -0.3 is 19.5 Å². The number of hydrogen-bond donors (Lipinski definition) is 1. The van der Waals surface area contributed by atoms with Gasteiger partial charge in [0.25, 0.3) is 5.91 Å². The molecule has 0 bridgehead atoms. The van der Waals surface area contributed by atoms with Crippen LogP contribution in [0.1, 0.15) is 10.4 Å². The van der Waals surface area contributed by atoms with Gasteiger partial charge in [-0.3, -0.25) is 4.79 Å². The first-order valence-electron chi connectivity index (χ1n) is 8.29. The van der Waals surface area contributed by atoms with Crippen LogP contribution in [0.25, 0.3) is 10.8 Å². The molecule has 138 valence electrons. The van der Waals surface area contributed by atoms with Crippen molar-refractivity contribution in [3.63, 3.8) is 0 Å². The predicted octanol–water partition coefficient (Wildman–Crippen LogP) is 3.65. The molecule has 0 aromatic heterocycles. The quantitative estimate of drug-likeness (QED) is 0.675. The van der Waals surface area contributed by atoms with Crippen LogP contribution in [0.2, 0.25) is 0 Å². The van der Waals surface area contributed by atoms with Gasteiger partial charge in [-0.2, -0.15) is 0 Å². The van der Waals surface area contributed by atoms with Crippen LogP contribution >= 0.6 is 0 Å². The summed E-state index contributed by atoms with van der Waals surface area (Å²) in [6.45, 7) is -0.427. The third kappa shape index (κ3) is 4.00. The molecular formula is C21H19NO5. The molecule has 3 aromatic rings. The first-order valence-corrected chi connectivity index (χ1v) is 8.29. The number of rotatable bonds is 6. The second-order valence-electron chi connectivity index (χ2n) is 5.69. The molecule has 0 aliphatic carbocycles. The Bertz CT molecular complexity index is 956. The third-order valence-electron chi connectivity index (χ3n) is 4.03. The molecule has 3 aromatic carbocycles. The number of fused-ring (bicyclic) bond motifs is 1. The number of hydrogen-bond acceptors (Lipinski definition) is 5. The maximum atomic E-state index is 12.4. The smallest absolute Gasteiger partial charge is 0.346 e. The van der Waals surface area contributed by atoms with Crippen LogP contribution < -0.4 is 14.8 Å². The van der Waals surface area contributed by atoms with Gasteiger partial charge in [-0.15, -0.1) is 0 Å². The van der Waals surface area contributed by atoms with Gasteiger partial charge in [-0.05, 0) is 23.6 Å². The van der Waals surface area contributed by atoms with Gasteiger partial charge in [0.1, 0.15) is 17.1 Å². The highest BCUT2D eigenvalue weighted by molar-refractivity contribution is 6.03. The van der Waals surface area contributed by atoms with Crippen molar-refractivity contribution in [3.8, 4) is 11.5 Å². The normalized spacial score (nSPS) is 10.3. The van der Waals surface area contributed by atoms with Gasteiger partial charge in [0, 0.05) is 11.1 Å². The van der Waals surface area contributed by atoms with E-state index < -0.39 is 18.5 Å². The molecule has 0 atom stereocenters. The first-order chi connectivity index (χ1) is 13.1. The number of carbonyl (C=O) groups excluding carboxylic acids is 2. The van der Waals surface area contributed by atoms with E-state index in [1.807, 2.05) is 36.4 Å². The molecule has 0 unspecified atom stereocenters. The number of methoxy groups -OCH3 is 2. The fourth-order valence-electron chi connectivity index (χ4n) is 2.78. The fraction of sp³-hybridized carbons (Fsp3) is 0.143. The second kappa shape index (κ2) is 8.23. The van der Waals surface area contributed by atoms with E-state index in [0.29, 0.717) is 17.2 Å². The molecule has 1 amide bonds. The molecule has 0 radical (unpaired) electrons. The molecule has 0 spiro atoms. The zero-order chi connectivity index (χ0) is 19.2.